The Labute approximate surface area is 192 Å². The minimum Gasteiger partial charge on any atom is -0.465 e. The highest BCUT2D eigenvalue weighted by Crippen LogP contribution is 2.23. The number of benzene rings is 1. The van der Waals surface area contributed by atoms with Crippen molar-refractivity contribution >= 4 is 18.1 Å². The molecule has 2 N–H and O–H groups in total. The molecule has 170 valence electrons. The first-order valence-electron chi connectivity index (χ1n) is 10.9. The summed E-state index contributed by atoms with van der Waals surface area (Å²) >= 11 is 5.39. The zero-order chi connectivity index (χ0) is 22.5. The van der Waals surface area contributed by atoms with Gasteiger partial charge in [-0.1, -0.05) is 29.8 Å². The summed E-state index contributed by atoms with van der Waals surface area (Å²) in [6.07, 6.45) is 0.305. The molecule has 3 aromatic rings. The number of H-pyrrole nitrogens is 1. The molecule has 0 aliphatic carbocycles. The van der Waals surface area contributed by atoms with Gasteiger partial charge in [0.05, 0.1) is 19.3 Å². The van der Waals surface area contributed by atoms with Gasteiger partial charge in [-0.15, -0.1) is 0 Å². The fourth-order valence-electron chi connectivity index (χ4n) is 3.89. The zero-order valence-electron chi connectivity index (χ0n) is 18.5. The number of nitrogens with zero attached hydrogens (tertiary/aromatic N) is 3. The minimum atomic E-state index is -0.0375. The Balaban J connectivity index is 1.39. The first-order valence-corrected chi connectivity index (χ1v) is 11.3. The van der Waals surface area contributed by atoms with E-state index in [4.69, 9.17) is 21.4 Å². The average molecular weight is 456 g/mol. The number of furan rings is 1. The maximum absolute atomic E-state index is 12.7. The van der Waals surface area contributed by atoms with Crippen LogP contribution in [-0.2, 0) is 16.1 Å². The monoisotopic (exact) mass is 455 g/mol. The standard InChI is InChI=1S/C23H29N5O3S/c1-16-3-6-18(7-4-16)22-25-26-23(32)28(22)10-9-21(29)24-15-19(20-8-5-17(2)31-20)27-11-13-30-14-12-27/h3-8,19H,9-15H2,1-2H3,(H,24,29)(H,26,32). The van der Waals surface area contributed by atoms with Crippen LogP contribution in [0.4, 0.5) is 0 Å². The topological polar surface area (TPSA) is 88.3 Å². The highest BCUT2D eigenvalue weighted by Gasteiger charge is 2.25. The van der Waals surface area contributed by atoms with Crippen molar-refractivity contribution in [3.8, 4) is 11.4 Å². The predicted molar refractivity (Wildman–Crippen MR) is 124 cm³/mol. The molecule has 32 heavy (non-hydrogen) atoms. The normalized spacial score (nSPS) is 15.6. The van der Waals surface area contributed by atoms with Gasteiger partial charge in [0.1, 0.15) is 11.5 Å². The minimum absolute atomic E-state index is 0.0178. The van der Waals surface area contributed by atoms with E-state index < -0.39 is 0 Å². The van der Waals surface area contributed by atoms with Crippen molar-refractivity contribution in [2.45, 2.75) is 32.9 Å². The molecule has 1 aromatic carbocycles. The number of rotatable bonds is 8. The van der Waals surface area contributed by atoms with E-state index in [1.807, 2.05) is 54.8 Å². The van der Waals surface area contributed by atoms with Crippen molar-refractivity contribution in [3.05, 3.63) is 58.3 Å². The summed E-state index contributed by atoms with van der Waals surface area (Å²) in [5.74, 6) is 2.43. The third-order valence-electron chi connectivity index (χ3n) is 5.70. The van der Waals surface area contributed by atoms with Gasteiger partial charge in [0.25, 0.3) is 0 Å². The van der Waals surface area contributed by atoms with Gasteiger partial charge >= 0.3 is 0 Å². The second-order valence-electron chi connectivity index (χ2n) is 8.04. The second-order valence-corrected chi connectivity index (χ2v) is 8.42. The maximum Gasteiger partial charge on any atom is 0.221 e. The number of carbonyl (C=O) groups is 1. The van der Waals surface area contributed by atoms with Crippen LogP contribution in [0.15, 0.2) is 40.8 Å². The number of hydrogen-bond donors (Lipinski definition) is 2. The van der Waals surface area contributed by atoms with Crippen molar-refractivity contribution in [2.75, 3.05) is 32.8 Å². The Hall–Kier alpha value is -2.75. The zero-order valence-corrected chi connectivity index (χ0v) is 19.3. The largest absolute Gasteiger partial charge is 0.465 e. The number of amides is 1. The highest BCUT2D eigenvalue weighted by molar-refractivity contribution is 7.71. The lowest BCUT2D eigenvalue weighted by atomic mass is 10.1. The molecule has 0 saturated carbocycles. The van der Waals surface area contributed by atoms with E-state index in [1.54, 1.807) is 0 Å². The molecule has 0 radical (unpaired) electrons. The van der Waals surface area contributed by atoms with Crippen LogP contribution in [0.25, 0.3) is 11.4 Å². The summed E-state index contributed by atoms with van der Waals surface area (Å²) < 4.78 is 13.7. The van der Waals surface area contributed by atoms with Crippen LogP contribution in [0.3, 0.4) is 0 Å². The van der Waals surface area contributed by atoms with E-state index >= 15 is 0 Å². The third kappa shape index (κ3) is 5.35. The molecule has 0 spiro atoms. The van der Waals surface area contributed by atoms with Crippen molar-refractivity contribution in [3.63, 3.8) is 0 Å². The van der Waals surface area contributed by atoms with Gasteiger partial charge < -0.3 is 14.5 Å². The summed E-state index contributed by atoms with van der Waals surface area (Å²) in [5, 5.41) is 10.3. The summed E-state index contributed by atoms with van der Waals surface area (Å²) in [4.78, 5) is 15.0. The molecule has 1 saturated heterocycles. The van der Waals surface area contributed by atoms with Gasteiger partial charge in [-0.05, 0) is 38.2 Å². The lowest BCUT2D eigenvalue weighted by Crippen LogP contribution is -2.43. The first kappa shape index (κ1) is 22.4. The molecule has 9 heteroatoms. The number of ether oxygens (including phenoxy) is 1. The fourth-order valence-corrected chi connectivity index (χ4v) is 4.12. The van der Waals surface area contributed by atoms with E-state index in [2.05, 4.69) is 20.4 Å². The highest BCUT2D eigenvalue weighted by atomic mass is 32.1. The molecule has 1 atom stereocenters. The van der Waals surface area contributed by atoms with Crippen LogP contribution in [0.1, 0.15) is 29.5 Å². The smallest absolute Gasteiger partial charge is 0.221 e. The Morgan fingerprint density at radius 3 is 2.62 bits per heavy atom. The van der Waals surface area contributed by atoms with Gasteiger partial charge in [0.15, 0.2) is 10.6 Å². The van der Waals surface area contributed by atoms with E-state index in [0.717, 1.165) is 36.0 Å². The molecule has 1 aliphatic rings. The first-order chi connectivity index (χ1) is 15.5. The van der Waals surface area contributed by atoms with Gasteiger partial charge in [0.2, 0.25) is 5.91 Å². The molecular formula is C23H29N5O3S. The van der Waals surface area contributed by atoms with Crippen molar-refractivity contribution < 1.29 is 13.9 Å². The molecule has 0 bridgehead atoms. The lowest BCUT2D eigenvalue weighted by molar-refractivity contribution is -0.121. The van der Waals surface area contributed by atoms with E-state index in [1.165, 1.54) is 5.56 Å². The Bertz CT molecular complexity index is 1100. The molecule has 8 nitrogen and oxygen atoms in total. The van der Waals surface area contributed by atoms with Crippen molar-refractivity contribution in [2.24, 2.45) is 0 Å². The van der Waals surface area contributed by atoms with Crippen LogP contribution in [0.2, 0.25) is 0 Å². The number of morpholine rings is 1. The number of aromatic nitrogens is 3. The van der Waals surface area contributed by atoms with E-state index in [0.29, 0.717) is 37.5 Å². The summed E-state index contributed by atoms with van der Waals surface area (Å²) in [6, 6.07) is 12.0. The van der Waals surface area contributed by atoms with Crippen LogP contribution in [-0.4, -0.2) is 58.4 Å². The number of aryl methyl sites for hydroxylation is 2. The fraction of sp³-hybridized carbons (Fsp3) is 0.435. The Kier molecular flexibility index (Phi) is 7.19. The number of aromatic amines is 1. The SMILES string of the molecule is Cc1ccc(-c2n[nH]c(=S)n2CCC(=O)NCC(c2ccc(C)o2)N2CCOCC2)cc1. The number of carbonyl (C=O) groups excluding carboxylic acids is 1. The molecule has 1 fully saturated rings. The Morgan fingerprint density at radius 2 is 1.94 bits per heavy atom. The molecular weight excluding hydrogens is 426 g/mol. The van der Waals surface area contributed by atoms with Crippen molar-refractivity contribution in [1.29, 1.82) is 0 Å². The van der Waals surface area contributed by atoms with Crippen LogP contribution in [0.5, 0.6) is 0 Å². The average Bonchev–Trinajstić information content (AvgIpc) is 3.39. The van der Waals surface area contributed by atoms with Gasteiger partial charge in [0, 0.05) is 38.2 Å². The third-order valence-corrected chi connectivity index (χ3v) is 6.01. The van der Waals surface area contributed by atoms with E-state index in [9.17, 15) is 4.79 Å². The number of nitrogens with one attached hydrogen (secondary N) is 2. The predicted octanol–water partition coefficient (Wildman–Crippen LogP) is 3.40. The van der Waals surface area contributed by atoms with E-state index in [-0.39, 0.29) is 11.9 Å². The van der Waals surface area contributed by atoms with Crippen molar-refractivity contribution in [1.82, 2.24) is 25.0 Å². The lowest BCUT2D eigenvalue weighted by Gasteiger charge is -2.33. The quantitative estimate of drug-likeness (QED) is 0.506. The summed E-state index contributed by atoms with van der Waals surface area (Å²) in [7, 11) is 0. The van der Waals surface area contributed by atoms with Crippen LogP contribution in [0, 0.1) is 18.6 Å². The molecule has 4 rings (SSSR count). The van der Waals surface area contributed by atoms with Crippen LogP contribution >= 0.6 is 12.2 Å². The maximum atomic E-state index is 12.7. The van der Waals surface area contributed by atoms with Crippen LogP contribution < -0.4 is 5.32 Å². The molecule has 2 aromatic heterocycles. The summed E-state index contributed by atoms with van der Waals surface area (Å²) in [6.45, 7) is 7.89. The molecule has 1 unspecified atom stereocenters. The Morgan fingerprint density at radius 1 is 1.19 bits per heavy atom. The van der Waals surface area contributed by atoms with Gasteiger partial charge in [-0.2, -0.15) is 5.10 Å². The molecule has 3 heterocycles. The number of hydrogen-bond acceptors (Lipinski definition) is 6. The molecule has 1 amide bonds. The van der Waals surface area contributed by atoms with Gasteiger partial charge in [-0.25, -0.2) is 0 Å². The summed E-state index contributed by atoms with van der Waals surface area (Å²) in [5.41, 5.74) is 2.14. The second kappa shape index (κ2) is 10.2. The van der Waals surface area contributed by atoms with Gasteiger partial charge in [-0.3, -0.25) is 19.4 Å². The molecule has 1 aliphatic heterocycles.